The molecule has 0 radical (unpaired) electrons. The first-order chi connectivity index (χ1) is 8.65. The molecule has 0 aliphatic rings. The molecule has 0 aromatic heterocycles. The van der Waals surface area contributed by atoms with Crippen LogP contribution in [0.15, 0.2) is 53.0 Å². The van der Waals surface area contributed by atoms with Crippen molar-refractivity contribution in [2.45, 2.75) is 0 Å². The molecule has 2 N–H and O–H groups in total. The van der Waals surface area contributed by atoms with E-state index in [1.54, 1.807) is 18.2 Å². The third-order valence-corrected chi connectivity index (χ3v) is 3.42. The van der Waals surface area contributed by atoms with Gasteiger partial charge in [-0.3, -0.25) is 0 Å². The summed E-state index contributed by atoms with van der Waals surface area (Å²) in [5.74, 6) is 0. The second kappa shape index (κ2) is 5.89. The summed E-state index contributed by atoms with van der Waals surface area (Å²) in [5.41, 5.74) is 1.41. The van der Waals surface area contributed by atoms with E-state index in [-0.39, 0.29) is 6.03 Å². The van der Waals surface area contributed by atoms with E-state index in [1.807, 2.05) is 30.3 Å². The molecular weight excluding hydrogens is 316 g/mol. The van der Waals surface area contributed by atoms with Gasteiger partial charge >= 0.3 is 6.03 Å². The van der Waals surface area contributed by atoms with Crippen LogP contribution in [0.2, 0.25) is 5.02 Å². The SMILES string of the molecule is O=C(Nc1ccccc1)Nc1ccc(Cl)c(Br)c1. The Labute approximate surface area is 118 Å². The van der Waals surface area contributed by atoms with E-state index in [1.165, 1.54) is 0 Å². The van der Waals surface area contributed by atoms with Crippen LogP contribution in [0.4, 0.5) is 16.2 Å². The molecule has 0 saturated heterocycles. The first-order valence-electron chi connectivity index (χ1n) is 5.23. The maximum absolute atomic E-state index is 11.7. The highest BCUT2D eigenvalue weighted by Crippen LogP contribution is 2.25. The van der Waals surface area contributed by atoms with E-state index < -0.39 is 0 Å². The Balaban J connectivity index is 2.01. The summed E-state index contributed by atoms with van der Waals surface area (Å²) in [4.78, 5) is 11.7. The van der Waals surface area contributed by atoms with Gasteiger partial charge in [0, 0.05) is 15.8 Å². The number of anilines is 2. The van der Waals surface area contributed by atoms with E-state index in [0.717, 1.165) is 10.2 Å². The van der Waals surface area contributed by atoms with E-state index >= 15 is 0 Å². The van der Waals surface area contributed by atoms with Gasteiger partial charge in [0.2, 0.25) is 0 Å². The van der Waals surface area contributed by atoms with Gasteiger partial charge in [-0.15, -0.1) is 0 Å². The van der Waals surface area contributed by atoms with Gasteiger partial charge in [0.25, 0.3) is 0 Å². The summed E-state index contributed by atoms with van der Waals surface area (Å²) in [6.07, 6.45) is 0. The first-order valence-corrected chi connectivity index (χ1v) is 6.40. The van der Waals surface area contributed by atoms with Crippen molar-refractivity contribution in [3.8, 4) is 0 Å². The molecule has 0 saturated carbocycles. The van der Waals surface area contributed by atoms with Crippen molar-refractivity contribution in [1.82, 2.24) is 0 Å². The van der Waals surface area contributed by atoms with Crippen molar-refractivity contribution in [3.05, 3.63) is 58.0 Å². The number of rotatable bonds is 2. The van der Waals surface area contributed by atoms with E-state index in [0.29, 0.717) is 10.7 Å². The topological polar surface area (TPSA) is 41.1 Å². The molecule has 5 heteroatoms. The predicted octanol–water partition coefficient (Wildman–Crippen LogP) is 4.75. The zero-order valence-electron chi connectivity index (χ0n) is 9.28. The van der Waals surface area contributed by atoms with Gasteiger partial charge in [-0.05, 0) is 46.3 Å². The number of para-hydroxylation sites is 1. The number of urea groups is 1. The van der Waals surface area contributed by atoms with Crippen LogP contribution in [-0.2, 0) is 0 Å². The number of carbonyl (C=O) groups excluding carboxylic acids is 1. The van der Waals surface area contributed by atoms with Crippen LogP contribution < -0.4 is 10.6 Å². The van der Waals surface area contributed by atoms with Crippen molar-refractivity contribution >= 4 is 44.9 Å². The summed E-state index contributed by atoms with van der Waals surface area (Å²) in [6, 6.07) is 14.1. The van der Waals surface area contributed by atoms with Gasteiger partial charge in [-0.1, -0.05) is 29.8 Å². The molecule has 0 fully saturated rings. The van der Waals surface area contributed by atoms with Crippen molar-refractivity contribution < 1.29 is 4.79 Å². The summed E-state index contributed by atoms with van der Waals surface area (Å²) >= 11 is 9.17. The van der Waals surface area contributed by atoms with Crippen LogP contribution in [0, 0.1) is 0 Å². The summed E-state index contributed by atoms with van der Waals surface area (Å²) in [6.45, 7) is 0. The van der Waals surface area contributed by atoms with Crippen molar-refractivity contribution in [2.75, 3.05) is 10.6 Å². The second-order valence-electron chi connectivity index (χ2n) is 3.57. The maximum Gasteiger partial charge on any atom is 0.323 e. The molecule has 0 heterocycles. The molecule has 18 heavy (non-hydrogen) atoms. The van der Waals surface area contributed by atoms with Gasteiger partial charge in [-0.2, -0.15) is 0 Å². The number of halogens is 2. The molecule has 3 nitrogen and oxygen atoms in total. The smallest absolute Gasteiger partial charge is 0.308 e. The quantitative estimate of drug-likeness (QED) is 0.822. The summed E-state index contributed by atoms with van der Waals surface area (Å²) in [7, 11) is 0. The monoisotopic (exact) mass is 324 g/mol. The van der Waals surface area contributed by atoms with Crippen LogP contribution in [-0.4, -0.2) is 6.03 Å². The van der Waals surface area contributed by atoms with Gasteiger partial charge in [0.05, 0.1) is 5.02 Å². The number of amides is 2. The highest BCUT2D eigenvalue weighted by atomic mass is 79.9. The molecular formula is C13H10BrClN2O. The van der Waals surface area contributed by atoms with Gasteiger partial charge in [0.1, 0.15) is 0 Å². The number of hydrogen-bond acceptors (Lipinski definition) is 1. The first kappa shape index (κ1) is 12.9. The number of benzene rings is 2. The zero-order valence-corrected chi connectivity index (χ0v) is 11.6. The molecule has 0 aliphatic heterocycles. The lowest BCUT2D eigenvalue weighted by Crippen LogP contribution is -2.19. The largest absolute Gasteiger partial charge is 0.323 e. The molecule has 2 aromatic rings. The maximum atomic E-state index is 11.7. The fraction of sp³-hybridized carbons (Fsp3) is 0. The van der Waals surface area contributed by atoms with Gasteiger partial charge in [0.15, 0.2) is 0 Å². The minimum atomic E-state index is -0.296. The average molecular weight is 326 g/mol. The predicted molar refractivity (Wildman–Crippen MR) is 78.2 cm³/mol. The molecule has 0 atom stereocenters. The van der Waals surface area contributed by atoms with Crippen LogP contribution >= 0.6 is 27.5 Å². The van der Waals surface area contributed by atoms with Crippen LogP contribution in [0.25, 0.3) is 0 Å². The molecule has 0 unspecified atom stereocenters. The number of carbonyl (C=O) groups is 1. The number of nitrogens with one attached hydrogen (secondary N) is 2. The Hall–Kier alpha value is -1.52. The molecule has 0 bridgehead atoms. The van der Waals surface area contributed by atoms with Gasteiger partial charge < -0.3 is 10.6 Å². The van der Waals surface area contributed by atoms with Crippen molar-refractivity contribution in [3.63, 3.8) is 0 Å². The lowest BCUT2D eigenvalue weighted by atomic mass is 10.3. The highest BCUT2D eigenvalue weighted by Gasteiger charge is 2.04. The average Bonchev–Trinajstić information content (AvgIpc) is 2.35. The third kappa shape index (κ3) is 3.48. The van der Waals surface area contributed by atoms with Crippen molar-refractivity contribution in [1.29, 1.82) is 0 Å². The fourth-order valence-electron chi connectivity index (χ4n) is 1.39. The van der Waals surface area contributed by atoms with Gasteiger partial charge in [-0.25, -0.2) is 4.79 Å². The van der Waals surface area contributed by atoms with E-state index in [2.05, 4.69) is 26.6 Å². The third-order valence-electron chi connectivity index (χ3n) is 2.21. The van der Waals surface area contributed by atoms with Crippen LogP contribution in [0.3, 0.4) is 0 Å². The summed E-state index contributed by atoms with van der Waals surface area (Å²) < 4.78 is 0.738. The lowest BCUT2D eigenvalue weighted by molar-refractivity contribution is 0.262. The molecule has 2 aromatic carbocycles. The molecule has 2 amide bonds. The van der Waals surface area contributed by atoms with E-state index in [4.69, 9.17) is 11.6 Å². The Kier molecular flexibility index (Phi) is 4.23. The zero-order chi connectivity index (χ0) is 13.0. The Morgan fingerprint density at radius 1 is 1.00 bits per heavy atom. The molecule has 0 aliphatic carbocycles. The normalized spacial score (nSPS) is 9.89. The van der Waals surface area contributed by atoms with Crippen LogP contribution in [0.5, 0.6) is 0 Å². The molecule has 2 rings (SSSR count). The highest BCUT2D eigenvalue weighted by molar-refractivity contribution is 9.10. The fourth-order valence-corrected chi connectivity index (χ4v) is 1.89. The Morgan fingerprint density at radius 2 is 1.67 bits per heavy atom. The minimum Gasteiger partial charge on any atom is -0.308 e. The molecule has 92 valence electrons. The van der Waals surface area contributed by atoms with Crippen molar-refractivity contribution in [2.24, 2.45) is 0 Å². The Morgan fingerprint density at radius 3 is 2.33 bits per heavy atom. The lowest BCUT2D eigenvalue weighted by Gasteiger charge is -2.08. The molecule has 0 spiro atoms. The Bertz CT molecular complexity index is 560. The standard InChI is InChI=1S/C13H10BrClN2O/c14-11-8-10(6-7-12(11)15)17-13(18)16-9-4-2-1-3-5-9/h1-8H,(H2,16,17,18). The second-order valence-corrected chi connectivity index (χ2v) is 4.84. The van der Waals surface area contributed by atoms with Crippen LogP contribution in [0.1, 0.15) is 0 Å². The number of hydrogen-bond donors (Lipinski definition) is 2. The summed E-state index contributed by atoms with van der Waals surface area (Å²) in [5, 5.41) is 6.05. The van der Waals surface area contributed by atoms with E-state index in [9.17, 15) is 4.79 Å². The minimum absolute atomic E-state index is 0.296.